The molecule has 0 aliphatic carbocycles. The predicted octanol–water partition coefficient (Wildman–Crippen LogP) is 1.30. The van der Waals surface area contributed by atoms with E-state index in [4.69, 9.17) is 4.74 Å². The summed E-state index contributed by atoms with van der Waals surface area (Å²) in [5.41, 5.74) is 6.29. The first kappa shape index (κ1) is 20.4. The fraction of sp³-hybridized carbons (Fsp3) is 0.524. The van der Waals surface area contributed by atoms with Crippen LogP contribution in [0.5, 0.6) is 0 Å². The number of ether oxygens (including phenoxy) is 1. The maximum absolute atomic E-state index is 12.1. The molecule has 0 bridgehead atoms. The maximum atomic E-state index is 12.1. The van der Waals surface area contributed by atoms with Gasteiger partial charge in [-0.25, -0.2) is 0 Å². The molecule has 0 spiro atoms. The molecule has 152 valence electrons. The number of hydrazine groups is 1. The summed E-state index contributed by atoms with van der Waals surface area (Å²) in [6.07, 6.45) is 3.46. The van der Waals surface area contributed by atoms with Gasteiger partial charge in [0.05, 0.1) is 25.5 Å². The smallest absolute Gasteiger partial charge is 0.244 e. The van der Waals surface area contributed by atoms with Crippen LogP contribution < -0.4 is 10.7 Å². The lowest BCUT2D eigenvalue weighted by Gasteiger charge is -2.29. The molecule has 0 atom stereocenters. The lowest BCUT2D eigenvalue weighted by atomic mass is 10.1. The Balaban J connectivity index is 1.37. The number of benzene rings is 1. The average molecular weight is 386 g/mol. The van der Waals surface area contributed by atoms with Crippen molar-refractivity contribution >= 4 is 17.5 Å². The zero-order valence-corrected chi connectivity index (χ0v) is 16.6. The third kappa shape index (κ3) is 6.07. The van der Waals surface area contributed by atoms with Crippen LogP contribution in [0, 0.1) is 6.92 Å². The summed E-state index contributed by atoms with van der Waals surface area (Å²) in [6, 6.07) is 8.15. The molecular weight excluding hydrogens is 356 g/mol. The minimum Gasteiger partial charge on any atom is -0.379 e. The highest BCUT2D eigenvalue weighted by Crippen LogP contribution is 2.18. The Kier molecular flexibility index (Phi) is 7.45. The van der Waals surface area contributed by atoms with E-state index in [2.05, 4.69) is 15.6 Å². The number of carbonyl (C=O) groups excluding carboxylic acids is 2. The molecule has 2 aliphatic rings. The van der Waals surface area contributed by atoms with Gasteiger partial charge in [0.2, 0.25) is 11.8 Å². The number of aryl methyl sites for hydroxylation is 1. The Morgan fingerprint density at radius 3 is 2.68 bits per heavy atom. The summed E-state index contributed by atoms with van der Waals surface area (Å²) in [5.74, 6) is -0.0426. The van der Waals surface area contributed by atoms with E-state index in [1.807, 2.05) is 37.3 Å². The van der Waals surface area contributed by atoms with Gasteiger partial charge in [0.1, 0.15) is 0 Å². The topological polar surface area (TPSA) is 73.9 Å². The molecule has 0 aromatic heterocycles. The fourth-order valence-corrected chi connectivity index (χ4v) is 3.31. The summed E-state index contributed by atoms with van der Waals surface area (Å²) in [4.78, 5) is 26.6. The molecule has 2 amide bonds. The van der Waals surface area contributed by atoms with Gasteiger partial charge in [-0.1, -0.05) is 29.8 Å². The van der Waals surface area contributed by atoms with Gasteiger partial charge in [-0.15, -0.1) is 0 Å². The minimum atomic E-state index is -0.0250. The van der Waals surface area contributed by atoms with Crippen molar-refractivity contribution in [3.05, 3.63) is 41.5 Å². The van der Waals surface area contributed by atoms with Crippen molar-refractivity contribution in [1.29, 1.82) is 0 Å². The Hall–Kier alpha value is -2.38. The molecule has 0 saturated carbocycles. The third-order valence-electron chi connectivity index (χ3n) is 5.04. The SMILES string of the molecule is Cc1ccc(C2=CCC(=O)N(CCC(=O)NCCCN3CCOCC3)N2)cc1. The van der Waals surface area contributed by atoms with Crippen molar-refractivity contribution in [1.82, 2.24) is 20.7 Å². The first-order chi connectivity index (χ1) is 13.6. The van der Waals surface area contributed by atoms with Crippen LogP contribution in [-0.4, -0.2) is 67.7 Å². The minimum absolute atomic E-state index is 0.0176. The van der Waals surface area contributed by atoms with Crippen LogP contribution in [0.3, 0.4) is 0 Å². The molecule has 28 heavy (non-hydrogen) atoms. The van der Waals surface area contributed by atoms with Crippen LogP contribution in [0.1, 0.15) is 30.4 Å². The zero-order chi connectivity index (χ0) is 19.8. The normalized spacial score (nSPS) is 17.8. The number of carbonyl (C=O) groups is 2. The standard InChI is InChI=1S/C21H30N4O3/c1-17-3-5-18(6-4-17)19-7-8-21(27)25(23-19)12-9-20(26)22-10-2-11-24-13-15-28-16-14-24/h3-7,23H,2,8-16H2,1H3,(H,22,26). The Morgan fingerprint density at radius 1 is 1.18 bits per heavy atom. The molecule has 1 fully saturated rings. The van der Waals surface area contributed by atoms with E-state index in [0.29, 0.717) is 19.5 Å². The zero-order valence-electron chi connectivity index (χ0n) is 16.6. The van der Waals surface area contributed by atoms with Crippen molar-refractivity contribution in [2.24, 2.45) is 0 Å². The molecule has 7 nitrogen and oxygen atoms in total. The molecule has 2 aliphatic heterocycles. The van der Waals surface area contributed by atoms with E-state index in [-0.39, 0.29) is 18.2 Å². The first-order valence-electron chi connectivity index (χ1n) is 10.0. The van der Waals surface area contributed by atoms with Crippen LogP contribution in [0.15, 0.2) is 30.3 Å². The van der Waals surface area contributed by atoms with Crippen molar-refractivity contribution in [3.63, 3.8) is 0 Å². The number of nitrogens with one attached hydrogen (secondary N) is 2. The second kappa shape index (κ2) is 10.2. The van der Waals surface area contributed by atoms with Crippen LogP contribution >= 0.6 is 0 Å². The van der Waals surface area contributed by atoms with Gasteiger partial charge in [0, 0.05) is 32.5 Å². The number of hydrogen-bond acceptors (Lipinski definition) is 5. The van der Waals surface area contributed by atoms with Crippen LogP contribution in [0.25, 0.3) is 5.70 Å². The Labute approximate surface area is 166 Å². The van der Waals surface area contributed by atoms with Gasteiger partial charge in [-0.3, -0.25) is 24.9 Å². The van der Waals surface area contributed by atoms with Crippen LogP contribution in [-0.2, 0) is 14.3 Å². The fourth-order valence-electron chi connectivity index (χ4n) is 3.31. The highest BCUT2D eigenvalue weighted by atomic mass is 16.5. The molecule has 2 heterocycles. The lowest BCUT2D eigenvalue weighted by molar-refractivity contribution is -0.133. The van der Waals surface area contributed by atoms with Gasteiger partial charge in [-0.05, 0) is 31.5 Å². The highest BCUT2D eigenvalue weighted by Gasteiger charge is 2.20. The molecule has 1 aromatic carbocycles. The van der Waals surface area contributed by atoms with Crippen LogP contribution in [0.4, 0.5) is 0 Å². The van der Waals surface area contributed by atoms with Gasteiger partial charge < -0.3 is 10.1 Å². The van der Waals surface area contributed by atoms with E-state index >= 15 is 0 Å². The number of nitrogens with zero attached hydrogens (tertiary/aromatic N) is 2. The Morgan fingerprint density at radius 2 is 1.93 bits per heavy atom. The molecule has 0 unspecified atom stereocenters. The van der Waals surface area contributed by atoms with Crippen molar-refractivity contribution in [3.8, 4) is 0 Å². The number of hydrogen-bond donors (Lipinski definition) is 2. The van der Waals surface area contributed by atoms with Crippen molar-refractivity contribution in [2.45, 2.75) is 26.2 Å². The van der Waals surface area contributed by atoms with Crippen LogP contribution in [0.2, 0.25) is 0 Å². The van der Waals surface area contributed by atoms with E-state index in [0.717, 1.165) is 50.5 Å². The highest BCUT2D eigenvalue weighted by molar-refractivity contribution is 5.84. The molecule has 3 rings (SSSR count). The summed E-state index contributed by atoms with van der Waals surface area (Å²) in [6.45, 7) is 7.55. The average Bonchev–Trinajstić information content (AvgIpc) is 2.72. The summed E-state index contributed by atoms with van der Waals surface area (Å²) < 4.78 is 5.33. The van der Waals surface area contributed by atoms with Gasteiger partial charge in [0.15, 0.2) is 0 Å². The number of amides is 2. The first-order valence-corrected chi connectivity index (χ1v) is 10.0. The third-order valence-corrected chi connectivity index (χ3v) is 5.04. The molecular formula is C21H30N4O3. The molecule has 7 heteroatoms. The Bertz CT molecular complexity index is 696. The molecule has 0 radical (unpaired) electrons. The number of morpholine rings is 1. The van der Waals surface area contributed by atoms with Crippen molar-refractivity contribution in [2.75, 3.05) is 45.9 Å². The monoisotopic (exact) mass is 386 g/mol. The van der Waals surface area contributed by atoms with E-state index in [1.54, 1.807) is 5.01 Å². The van der Waals surface area contributed by atoms with E-state index in [9.17, 15) is 9.59 Å². The predicted molar refractivity (Wildman–Crippen MR) is 108 cm³/mol. The quantitative estimate of drug-likeness (QED) is 0.659. The van der Waals surface area contributed by atoms with Crippen molar-refractivity contribution < 1.29 is 14.3 Å². The van der Waals surface area contributed by atoms with E-state index in [1.165, 1.54) is 5.56 Å². The van der Waals surface area contributed by atoms with Gasteiger partial charge in [0.25, 0.3) is 0 Å². The maximum Gasteiger partial charge on any atom is 0.244 e. The second-order valence-corrected chi connectivity index (χ2v) is 7.25. The van der Waals surface area contributed by atoms with E-state index < -0.39 is 0 Å². The second-order valence-electron chi connectivity index (χ2n) is 7.25. The van der Waals surface area contributed by atoms with Gasteiger partial charge >= 0.3 is 0 Å². The number of rotatable bonds is 8. The molecule has 1 saturated heterocycles. The summed E-state index contributed by atoms with van der Waals surface area (Å²) in [7, 11) is 0. The molecule has 1 aromatic rings. The largest absolute Gasteiger partial charge is 0.379 e. The summed E-state index contributed by atoms with van der Waals surface area (Å²) in [5, 5.41) is 4.49. The molecule has 2 N–H and O–H groups in total. The van der Waals surface area contributed by atoms with Gasteiger partial charge in [-0.2, -0.15) is 0 Å². The lowest BCUT2D eigenvalue weighted by Crippen LogP contribution is -2.46. The summed E-state index contributed by atoms with van der Waals surface area (Å²) >= 11 is 0.